The summed E-state index contributed by atoms with van der Waals surface area (Å²) in [6.45, 7) is 5.29. The van der Waals surface area contributed by atoms with Crippen molar-refractivity contribution in [1.82, 2.24) is 9.80 Å². The quantitative estimate of drug-likeness (QED) is 0.548. The predicted octanol–water partition coefficient (Wildman–Crippen LogP) is 5.33. The van der Waals surface area contributed by atoms with Gasteiger partial charge < -0.3 is 19.6 Å². The lowest BCUT2D eigenvalue weighted by atomic mass is 9.88. The van der Waals surface area contributed by atoms with E-state index in [1.54, 1.807) is 7.11 Å². The zero-order chi connectivity index (χ0) is 26.0. The van der Waals surface area contributed by atoms with E-state index in [1.165, 1.54) is 37.8 Å². The van der Waals surface area contributed by atoms with Crippen molar-refractivity contribution in [3.63, 3.8) is 0 Å². The molecule has 0 aromatic heterocycles. The largest absolute Gasteiger partial charge is 0.490 e. The van der Waals surface area contributed by atoms with E-state index in [0.29, 0.717) is 5.92 Å². The molecule has 0 radical (unpaired) electrons. The van der Waals surface area contributed by atoms with Gasteiger partial charge in [0.05, 0.1) is 12.1 Å². The Morgan fingerprint density at radius 3 is 2.46 bits per heavy atom. The maximum absolute atomic E-state index is 13.6. The first-order valence-corrected chi connectivity index (χ1v) is 12.5. The number of likely N-dealkylation sites (tertiary alicyclic amines) is 1. The summed E-state index contributed by atoms with van der Waals surface area (Å²) in [6.07, 6.45) is 4.20. The molecular formula is C26H39F3N2O4. The molecule has 1 aromatic carbocycles. The highest BCUT2D eigenvalue weighted by Gasteiger charge is 2.38. The Hall–Kier alpha value is -2.13. The van der Waals surface area contributed by atoms with Crippen molar-refractivity contribution >= 4 is 11.9 Å². The maximum atomic E-state index is 13.6. The van der Waals surface area contributed by atoms with Crippen LogP contribution in [0.1, 0.15) is 80.1 Å². The van der Waals surface area contributed by atoms with E-state index in [2.05, 4.69) is 42.0 Å². The zero-order valence-corrected chi connectivity index (χ0v) is 21.0. The average Bonchev–Trinajstić information content (AvgIpc) is 2.84. The van der Waals surface area contributed by atoms with E-state index in [9.17, 15) is 18.0 Å². The molecular weight excluding hydrogens is 461 g/mol. The van der Waals surface area contributed by atoms with Crippen LogP contribution in [0.3, 0.4) is 0 Å². The molecule has 6 nitrogen and oxygen atoms in total. The number of hydrogen-bond acceptors (Lipinski definition) is 4. The second kappa shape index (κ2) is 13.8. The number of nitrogens with zero attached hydrogens (tertiary/aromatic N) is 2. The van der Waals surface area contributed by atoms with Gasteiger partial charge in [-0.1, -0.05) is 38.3 Å². The van der Waals surface area contributed by atoms with E-state index < -0.39 is 12.1 Å². The summed E-state index contributed by atoms with van der Waals surface area (Å²) in [5, 5.41) is 7.12. The average molecular weight is 501 g/mol. The summed E-state index contributed by atoms with van der Waals surface area (Å²) in [7, 11) is 3.99. The SMILES string of the molecule is CCCCN(C(=O)c1cccc(C2CCCN(C)C2)c1)[C@@H]1CCCC[C@H]1OC.O=C(O)C(F)(F)F. The number of hydrogen-bond donors (Lipinski definition) is 1. The Balaban J connectivity index is 0.000000540. The van der Waals surface area contributed by atoms with E-state index in [-0.39, 0.29) is 18.1 Å². The van der Waals surface area contributed by atoms with Crippen molar-refractivity contribution in [2.24, 2.45) is 0 Å². The number of likely N-dealkylation sites (N-methyl/N-ethyl adjacent to an activating group) is 1. The van der Waals surface area contributed by atoms with Crippen LogP contribution in [0, 0.1) is 0 Å². The molecule has 1 saturated carbocycles. The number of carboxylic acid groups (broad SMARTS) is 1. The number of carboxylic acids is 1. The van der Waals surface area contributed by atoms with Gasteiger partial charge >= 0.3 is 12.1 Å². The van der Waals surface area contributed by atoms with E-state index in [1.807, 2.05) is 6.07 Å². The third kappa shape index (κ3) is 8.79. The number of alkyl halides is 3. The number of unbranched alkanes of at least 4 members (excludes halogenated alkanes) is 1. The summed E-state index contributed by atoms with van der Waals surface area (Å²) in [5.74, 6) is -2.03. The standard InChI is InChI=1S/C24H38N2O2.C2HF3O2/c1-4-5-16-26(22-13-6-7-14-23(22)28-3)24(27)20-11-8-10-19(17-20)21-12-9-15-25(2)18-21;3-2(4,5)1(6)7/h8,10-11,17,21-23H,4-7,9,12-16,18H2,1-3H3;(H,6,7)/t21?,22-,23-;/m1./s1. The van der Waals surface area contributed by atoms with Crippen LogP contribution in [0.15, 0.2) is 24.3 Å². The fourth-order valence-electron chi connectivity index (χ4n) is 4.99. The lowest BCUT2D eigenvalue weighted by molar-refractivity contribution is -0.192. The number of carbonyl (C=O) groups excluding carboxylic acids is 1. The Morgan fingerprint density at radius 2 is 1.86 bits per heavy atom. The molecule has 3 rings (SSSR count). The van der Waals surface area contributed by atoms with Crippen molar-refractivity contribution < 1.29 is 32.6 Å². The van der Waals surface area contributed by atoms with Crippen LogP contribution in [0.2, 0.25) is 0 Å². The minimum absolute atomic E-state index is 0.171. The molecule has 9 heteroatoms. The van der Waals surface area contributed by atoms with E-state index in [4.69, 9.17) is 14.6 Å². The summed E-state index contributed by atoms with van der Waals surface area (Å²) in [5.41, 5.74) is 2.17. The lowest BCUT2D eigenvalue weighted by Gasteiger charge is -2.39. The van der Waals surface area contributed by atoms with Gasteiger partial charge in [-0.3, -0.25) is 4.79 Å². The number of carbonyl (C=O) groups is 2. The molecule has 1 N–H and O–H groups in total. The molecule has 3 atom stereocenters. The van der Waals surface area contributed by atoms with Gasteiger partial charge in [-0.15, -0.1) is 0 Å². The third-order valence-electron chi connectivity index (χ3n) is 6.86. The molecule has 2 fully saturated rings. The molecule has 0 spiro atoms. The number of methoxy groups -OCH3 is 1. The molecule has 1 heterocycles. The molecule has 1 aliphatic heterocycles. The molecule has 2 aliphatic rings. The third-order valence-corrected chi connectivity index (χ3v) is 6.86. The van der Waals surface area contributed by atoms with Gasteiger partial charge in [0.1, 0.15) is 0 Å². The molecule has 198 valence electrons. The van der Waals surface area contributed by atoms with Crippen molar-refractivity contribution in [2.75, 3.05) is 33.8 Å². The molecule has 0 bridgehead atoms. The first-order chi connectivity index (χ1) is 16.6. The molecule has 35 heavy (non-hydrogen) atoms. The molecule has 1 unspecified atom stereocenters. The molecule has 1 saturated heterocycles. The summed E-state index contributed by atoms with van der Waals surface area (Å²) < 4.78 is 37.5. The monoisotopic (exact) mass is 500 g/mol. The lowest BCUT2D eigenvalue weighted by Crippen LogP contribution is -2.49. The normalized spacial score (nSPS) is 23.2. The van der Waals surface area contributed by atoms with Crippen LogP contribution in [0.5, 0.6) is 0 Å². The number of halogens is 3. The van der Waals surface area contributed by atoms with Crippen molar-refractivity contribution in [3.8, 4) is 0 Å². The molecule has 1 amide bonds. The Labute approximate surface area is 206 Å². The highest BCUT2D eigenvalue weighted by molar-refractivity contribution is 5.94. The highest BCUT2D eigenvalue weighted by atomic mass is 19.4. The zero-order valence-electron chi connectivity index (χ0n) is 21.0. The number of amides is 1. The highest BCUT2D eigenvalue weighted by Crippen LogP contribution is 2.29. The second-order valence-corrected chi connectivity index (χ2v) is 9.51. The van der Waals surface area contributed by atoms with Gasteiger partial charge in [-0.25, -0.2) is 4.79 Å². The Morgan fingerprint density at radius 1 is 1.17 bits per heavy atom. The maximum Gasteiger partial charge on any atom is 0.490 e. The topological polar surface area (TPSA) is 70.1 Å². The van der Waals surface area contributed by atoms with Gasteiger partial charge in [-0.05, 0) is 69.3 Å². The van der Waals surface area contributed by atoms with Crippen LogP contribution in [-0.4, -0.2) is 78.9 Å². The number of piperidine rings is 1. The van der Waals surface area contributed by atoms with E-state index in [0.717, 1.165) is 44.3 Å². The fourth-order valence-corrected chi connectivity index (χ4v) is 4.99. The van der Waals surface area contributed by atoms with E-state index >= 15 is 0 Å². The number of ether oxygens (including phenoxy) is 1. The van der Waals surface area contributed by atoms with Gasteiger partial charge in [-0.2, -0.15) is 13.2 Å². The summed E-state index contributed by atoms with van der Waals surface area (Å²) in [4.78, 5) is 27.0. The fraction of sp³-hybridized carbons (Fsp3) is 0.692. The van der Waals surface area contributed by atoms with Crippen LogP contribution < -0.4 is 0 Å². The number of rotatable bonds is 7. The number of aliphatic carboxylic acids is 1. The minimum Gasteiger partial charge on any atom is -0.475 e. The van der Waals surface area contributed by atoms with Gasteiger partial charge in [0.15, 0.2) is 0 Å². The van der Waals surface area contributed by atoms with Crippen LogP contribution in [0.25, 0.3) is 0 Å². The van der Waals surface area contributed by atoms with Crippen LogP contribution in [0.4, 0.5) is 13.2 Å². The molecule has 1 aliphatic carbocycles. The first kappa shape index (κ1) is 29.1. The van der Waals surface area contributed by atoms with Gasteiger partial charge in [0.25, 0.3) is 5.91 Å². The minimum atomic E-state index is -5.08. The Bertz CT molecular complexity index is 818. The first-order valence-electron chi connectivity index (χ1n) is 12.5. The van der Waals surface area contributed by atoms with Crippen LogP contribution in [-0.2, 0) is 9.53 Å². The van der Waals surface area contributed by atoms with Crippen molar-refractivity contribution in [3.05, 3.63) is 35.4 Å². The second-order valence-electron chi connectivity index (χ2n) is 9.51. The summed E-state index contributed by atoms with van der Waals surface area (Å²) >= 11 is 0. The molecule has 1 aromatic rings. The number of benzene rings is 1. The van der Waals surface area contributed by atoms with Gasteiger partial charge in [0, 0.05) is 25.8 Å². The van der Waals surface area contributed by atoms with Crippen molar-refractivity contribution in [1.29, 1.82) is 0 Å². The van der Waals surface area contributed by atoms with Gasteiger partial charge in [0.2, 0.25) is 0 Å². The smallest absolute Gasteiger partial charge is 0.475 e. The van der Waals surface area contributed by atoms with Crippen LogP contribution >= 0.6 is 0 Å². The predicted molar refractivity (Wildman–Crippen MR) is 129 cm³/mol. The summed E-state index contributed by atoms with van der Waals surface area (Å²) in [6, 6.07) is 8.65. The van der Waals surface area contributed by atoms with Crippen molar-refractivity contribution in [2.45, 2.75) is 82.5 Å². The Kier molecular flexibility index (Phi) is 11.5.